The van der Waals surface area contributed by atoms with Gasteiger partial charge in [0.15, 0.2) is 40.7 Å². The molecule has 0 amide bonds. The molecule has 6 aromatic heterocycles. The first-order valence-electron chi connectivity index (χ1n) is 42.4. The summed E-state index contributed by atoms with van der Waals surface area (Å²) in [5, 5.41) is 3.66. The van der Waals surface area contributed by atoms with E-state index in [9.17, 15) is 79.3 Å². The molecule has 18 rings (SSSR count). The van der Waals surface area contributed by atoms with Crippen LogP contribution in [-0.2, 0) is 60.1 Å². The fraction of sp³-hybridized carbons (Fsp3) is 0.393. The highest BCUT2D eigenvalue weighted by molar-refractivity contribution is 9.10. The second-order valence-electron chi connectivity index (χ2n) is 31.8. The summed E-state index contributed by atoms with van der Waals surface area (Å²) >= 11 is 9.22. The molecule has 0 N–H and O–H groups in total. The maximum absolute atomic E-state index is 12.8. The zero-order chi connectivity index (χ0) is 93.9. The van der Waals surface area contributed by atoms with Gasteiger partial charge in [0, 0.05) is 126 Å². The molecule has 6 fully saturated rings. The van der Waals surface area contributed by atoms with Crippen LogP contribution >= 0.6 is 27.5 Å². The van der Waals surface area contributed by atoms with E-state index in [-0.39, 0.29) is 40.9 Å². The van der Waals surface area contributed by atoms with E-state index in [0.717, 1.165) is 114 Å². The summed E-state index contributed by atoms with van der Waals surface area (Å²) in [4.78, 5) is 70.7. The van der Waals surface area contributed by atoms with Crippen molar-refractivity contribution < 1.29 is 96.0 Å². The molecule has 131 heavy (non-hydrogen) atoms. The minimum Gasteiger partial charge on any atom is -0.497 e. The summed E-state index contributed by atoms with van der Waals surface area (Å²) in [5.41, 5.74) is -3.08. The van der Waals surface area contributed by atoms with Crippen LogP contribution in [0.5, 0.6) is 23.0 Å². The molecular weight excluding hydrogens is 1910 g/mol. The highest BCUT2D eigenvalue weighted by Gasteiger charge is 2.37. The number of nitrogens with zero attached hydrogens (tertiary/aromatic N) is 6. The Bertz CT molecular complexity index is 7170. The van der Waals surface area contributed by atoms with E-state index in [1.165, 1.54) is 90.7 Å². The van der Waals surface area contributed by atoms with Crippen LogP contribution in [0.3, 0.4) is 0 Å². The van der Waals surface area contributed by atoms with Gasteiger partial charge in [0.25, 0.3) is 0 Å². The number of methoxy groups -OCH3 is 4. The molecule has 0 radical (unpaired) electrons. The van der Waals surface area contributed by atoms with Gasteiger partial charge in [-0.25, -0.2) is 79.3 Å². The maximum Gasteiger partial charge on any atom is 0.356 e. The minimum absolute atomic E-state index is 0.257. The zero-order valence-corrected chi connectivity index (χ0v) is 79.5. The molecule has 6 aromatic carbocycles. The van der Waals surface area contributed by atoms with Gasteiger partial charge in [0.2, 0.25) is 60.1 Å². The average molecular weight is 2010 g/mol. The standard InChI is InChI=1S/C16H19NO5S.3C15H17NO5S.C14H14BrNO4S.C14H14ClNO4S/c1-11-4-3-7-17(10-11)23(19,20)15-9-12-8-13(21-2)5-6-14(12)22-16(15)18;1-20-12-7-5-6-11-10-13(15(17)21-14(11)12)22(18,19)16-8-3-2-4-9-16;1-20-12-5-6-13-11(9-12)10-14(15(17)21-13)22(18,19)16-7-3-2-4-8-16;1-20-12-6-5-11-9-14(15(17)21-13(11)10-12)22(18,19)16-7-3-2-4-8-16;2*15-11-4-5-12-10(8-11)9-13(14(17)20-12)21(18,19)16-6-2-1-3-7-16/h5-6,8-9,11H,3-4,7,10H2,1-2H3;5-7,10H,2-4,8-9H2,1H3;2*5-6,9-10H,2-4,7-8H2,1H3;2*4-5,8-9H,1-3,6-7H2. The fourth-order valence-electron chi connectivity index (χ4n) is 15.8. The van der Waals surface area contributed by atoms with Crippen LogP contribution in [0, 0.1) is 5.92 Å². The summed E-state index contributed by atoms with van der Waals surface area (Å²) in [5.74, 6) is 2.37. The van der Waals surface area contributed by atoms with E-state index in [1.807, 2.05) is 6.92 Å². The number of rotatable bonds is 16. The number of hydrogen-bond donors (Lipinski definition) is 0. The van der Waals surface area contributed by atoms with E-state index in [4.69, 9.17) is 57.1 Å². The molecule has 0 bridgehead atoms. The van der Waals surface area contributed by atoms with Crippen LogP contribution in [0.1, 0.15) is 116 Å². The quantitative estimate of drug-likeness (QED) is 0.0811. The van der Waals surface area contributed by atoms with E-state index < -0.39 is 93.9 Å². The highest BCUT2D eigenvalue weighted by Crippen LogP contribution is 2.34. The van der Waals surface area contributed by atoms with Gasteiger partial charge < -0.3 is 45.5 Å². The van der Waals surface area contributed by atoms with Gasteiger partial charge in [0.05, 0.1) is 28.4 Å². The Morgan fingerprint density at radius 3 is 0.962 bits per heavy atom. The molecule has 34 nitrogen and oxygen atoms in total. The molecule has 42 heteroatoms. The topological polar surface area (TPSA) is 442 Å². The first-order valence-corrected chi connectivity index (χ1v) is 52.2. The molecule has 6 saturated heterocycles. The van der Waals surface area contributed by atoms with Crippen LogP contribution in [0.15, 0.2) is 235 Å². The third kappa shape index (κ3) is 22.8. The Morgan fingerprint density at radius 1 is 0.298 bits per heavy atom. The summed E-state index contributed by atoms with van der Waals surface area (Å²) in [6, 6.07) is 37.9. The minimum atomic E-state index is -3.85. The molecule has 0 saturated carbocycles. The second-order valence-corrected chi connectivity index (χ2v) is 44.6. The lowest BCUT2D eigenvalue weighted by Gasteiger charge is -2.29. The van der Waals surface area contributed by atoms with Gasteiger partial charge >= 0.3 is 33.8 Å². The molecule has 12 heterocycles. The largest absolute Gasteiger partial charge is 0.497 e. The Balaban J connectivity index is 0.000000134. The van der Waals surface area contributed by atoms with Crippen LogP contribution in [-0.4, -0.2) is 183 Å². The SMILES string of the molecule is COc1ccc2cc(S(=O)(=O)N3CCCCC3)c(=O)oc2c1.COc1ccc2oc(=O)c(S(=O)(=O)N3CCCC(C)C3)cc2c1.COc1ccc2oc(=O)c(S(=O)(=O)N3CCCCC3)cc2c1.COc1cccc2cc(S(=O)(=O)N3CCCCC3)c(=O)oc12.O=c1oc2ccc(Br)cc2cc1S(=O)(=O)N1CCCCC1.O=c1oc2ccc(Cl)cc2cc1S(=O)(=O)N1CCCCC1. The Kier molecular flexibility index (Phi) is 32.0. The van der Waals surface area contributed by atoms with Gasteiger partial charge in [-0.1, -0.05) is 78.7 Å². The van der Waals surface area contributed by atoms with Gasteiger partial charge in [-0.05, 0) is 210 Å². The monoisotopic (exact) mass is 2000 g/mol. The number of piperidine rings is 6. The van der Waals surface area contributed by atoms with Crippen molar-refractivity contribution in [3.63, 3.8) is 0 Å². The highest BCUT2D eigenvalue weighted by atomic mass is 79.9. The fourth-order valence-corrected chi connectivity index (χ4v) is 25.7. The third-order valence-electron chi connectivity index (χ3n) is 22.9. The third-order valence-corrected chi connectivity index (χ3v) is 34.9. The van der Waals surface area contributed by atoms with Gasteiger partial charge in [-0.15, -0.1) is 0 Å². The first kappa shape index (κ1) is 98.5. The lowest BCUT2D eigenvalue weighted by atomic mass is 10.0. The summed E-state index contributed by atoms with van der Waals surface area (Å²) in [6.45, 7) is 7.33. The van der Waals surface area contributed by atoms with Crippen LogP contribution in [0.4, 0.5) is 0 Å². The second kappa shape index (κ2) is 42.5. The normalized spacial score (nSPS) is 17.4. The Hall–Kier alpha value is -9.99. The van der Waals surface area contributed by atoms with Gasteiger partial charge in [-0.3, -0.25) is 0 Å². The summed E-state index contributed by atoms with van der Waals surface area (Å²) in [6.07, 6.45) is 15.0. The predicted octanol–water partition coefficient (Wildman–Crippen LogP) is 13.5. The number of ether oxygens (including phenoxy) is 4. The number of para-hydroxylation sites is 1. The number of benzene rings is 6. The van der Waals surface area contributed by atoms with Crippen molar-refractivity contribution in [1.29, 1.82) is 0 Å². The zero-order valence-electron chi connectivity index (χ0n) is 72.3. The van der Waals surface area contributed by atoms with Crippen molar-refractivity contribution >= 4 is 153 Å². The lowest BCUT2D eigenvalue weighted by Crippen LogP contribution is -2.40. The summed E-state index contributed by atoms with van der Waals surface area (Å²) < 4.78 is 212. The molecule has 6 aliphatic rings. The molecule has 702 valence electrons. The molecule has 1 atom stereocenters. The smallest absolute Gasteiger partial charge is 0.356 e. The van der Waals surface area contributed by atoms with Crippen molar-refractivity contribution in [2.45, 2.75) is 145 Å². The molecule has 0 aliphatic carbocycles. The van der Waals surface area contributed by atoms with E-state index in [1.54, 1.807) is 109 Å². The molecule has 0 spiro atoms. The van der Waals surface area contributed by atoms with Crippen molar-refractivity contribution in [2.24, 2.45) is 5.92 Å². The van der Waals surface area contributed by atoms with Gasteiger partial charge in [-0.2, -0.15) is 25.8 Å². The molecular formula is C89H98BrClN6O28S6. The van der Waals surface area contributed by atoms with Crippen LogP contribution in [0.25, 0.3) is 65.8 Å². The predicted molar refractivity (Wildman–Crippen MR) is 494 cm³/mol. The number of fused-ring (bicyclic) bond motifs is 6. The average Bonchev–Trinajstić information content (AvgIpc) is 0.829. The van der Waals surface area contributed by atoms with E-state index in [2.05, 4.69) is 15.9 Å². The van der Waals surface area contributed by atoms with E-state index >= 15 is 0 Å². The summed E-state index contributed by atoms with van der Waals surface area (Å²) in [7, 11) is -16.9. The van der Waals surface area contributed by atoms with Crippen molar-refractivity contribution in [3.8, 4) is 23.0 Å². The molecule has 1 unspecified atom stereocenters. The van der Waals surface area contributed by atoms with Crippen molar-refractivity contribution in [1.82, 2.24) is 25.8 Å². The first-order chi connectivity index (χ1) is 62.4. The Morgan fingerprint density at radius 2 is 0.595 bits per heavy atom. The van der Waals surface area contributed by atoms with Gasteiger partial charge in [0.1, 0.15) is 45.2 Å². The van der Waals surface area contributed by atoms with Crippen LogP contribution in [0.2, 0.25) is 5.02 Å². The number of sulfonamides is 6. The molecule has 6 aliphatic heterocycles. The Labute approximate surface area is 768 Å². The van der Waals surface area contributed by atoms with Crippen molar-refractivity contribution in [3.05, 3.63) is 218 Å². The lowest BCUT2D eigenvalue weighted by molar-refractivity contribution is 0.280. The van der Waals surface area contributed by atoms with E-state index in [0.29, 0.717) is 167 Å². The number of halogens is 2. The van der Waals surface area contributed by atoms with Crippen molar-refractivity contribution in [2.75, 3.05) is 107 Å². The maximum atomic E-state index is 12.8. The number of hydrogen-bond acceptors (Lipinski definition) is 28. The molecule has 12 aromatic rings. The van der Waals surface area contributed by atoms with Crippen LogP contribution < -0.4 is 52.7 Å².